The fourth-order valence-electron chi connectivity index (χ4n) is 3.26. The molecule has 1 aliphatic rings. The molecule has 1 aliphatic heterocycles. The van der Waals surface area contributed by atoms with Crippen molar-refractivity contribution >= 4 is 11.7 Å². The van der Waals surface area contributed by atoms with Crippen LogP contribution in [-0.4, -0.2) is 48.2 Å². The highest BCUT2D eigenvalue weighted by atomic mass is 16.5. The van der Waals surface area contributed by atoms with Gasteiger partial charge in [0.25, 0.3) is 5.91 Å². The van der Waals surface area contributed by atoms with Gasteiger partial charge in [0, 0.05) is 24.7 Å². The normalized spacial score (nSPS) is 14.0. The summed E-state index contributed by atoms with van der Waals surface area (Å²) < 4.78 is 11.3. The maximum Gasteiger partial charge on any atom is 0.251 e. The smallest absolute Gasteiger partial charge is 0.251 e. The van der Waals surface area contributed by atoms with E-state index in [9.17, 15) is 4.79 Å². The Morgan fingerprint density at radius 3 is 2.55 bits per heavy atom. The highest BCUT2D eigenvalue weighted by Crippen LogP contribution is 2.21. The van der Waals surface area contributed by atoms with E-state index in [1.807, 2.05) is 26.8 Å². The molecule has 2 heterocycles. The first-order valence-electron chi connectivity index (χ1n) is 10.3. The van der Waals surface area contributed by atoms with E-state index in [1.54, 1.807) is 24.3 Å². The van der Waals surface area contributed by atoms with Gasteiger partial charge in [-0.15, -0.1) is 0 Å². The Morgan fingerprint density at radius 2 is 1.86 bits per heavy atom. The van der Waals surface area contributed by atoms with Crippen LogP contribution in [0.1, 0.15) is 49.3 Å². The molecule has 2 aromatic rings. The van der Waals surface area contributed by atoms with E-state index in [4.69, 9.17) is 9.47 Å². The molecule has 0 aliphatic carbocycles. The largest absolute Gasteiger partial charge is 0.491 e. The SMILES string of the molecule is Cc1nc(OCCNC(=O)c2ccc(OC(C)C)cc2)cc(N2CCCCC2)n1. The summed E-state index contributed by atoms with van der Waals surface area (Å²) in [7, 11) is 0. The minimum atomic E-state index is -0.141. The predicted octanol–water partition coefficient (Wildman–Crippen LogP) is 3.37. The van der Waals surface area contributed by atoms with E-state index in [-0.39, 0.29) is 12.0 Å². The third-order valence-electron chi connectivity index (χ3n) is 4.61. The van der Waals surface area contributed by atoms with E-state index in [0.29, 0.717) is 30.4 Å². The Balaban J connectivity index is 1.47. The molecule has 1 N–H and O–H groups in total. The summed E-state index contributed by atoms with van der Waals surface area (Å²) in [6, 6.07) is 9.00. The highest BCUT2D eigenvalue weighted by molar-refractivity contribution is 5.94. The van der Waals surface area contributed by atoms with Crippen molar-refractivity contribution < 1.29 is 14.3 Å². The van der Waals surface area contributed by atoms with Crippen molar-refractivity contribution in [3.63, 3.8) is 0 Å². The summed E-state index contributed by atoms with van der Waals surface area (Å²) in [5.74, 6) is 2.76. The molecule has 1 aromatic heterocycles. The van der Waals surface area contributed by atoms with Crippen LogP contribution in [0.3, 0.4) is 0 Å². The maximum atomic E-state index is 12.3. The molecule has 1 fully saturated rings. The summed E-state index contributed by atoms with van der Waals surface area (Å²) in [5.41, 5.74) is 0.589. The topological polar surface area (TPSA) is 76.6 Å². The Bertz CT molecular complexity index is 802. The summed E-state index contributed by atoms with van der Waals surface area (Å²) in [6.45, 7) is 8.58. The zero-order chi connectivity index (χ0) is 20.6. The number of hydrogen-bond donors (Lipinski definition) is 1. The lowest BCUT2D eigenvalue weighted by Crippen LogP contribution is -2.30. The number of amides is 1. The van der Waals surface area contributed by atoms with Crippen molar-refractivity contribution in [3.05, 3.63) is 41.7 Å². The highest BCUT2D eigenvalue weighted by Gasteiger charge is 2.14. The first kappa shape index (κ1) is 20.9. The van der Waals surface area contributed by atoms with Crippen LogP contribution in [0.4, 0.5) is 5.82 Å². The van der Waals surface area contributed by atoms with Crippen LogP contribution in [0.25, 0.3) is 0 Å². The van der Waals surface area contributed by atoms with Crippen molar-refractivity contribution in [1.82, 2.24) is 15.3 Å². The van der Waals surface area contributed by atoms with Gasteiger partial charge in [-0.3, -0.25) is 4.79 Å². The van der Waals surface area contributed by atoms with Gasteiger partial charge >= 0.3 is 0 Å². The van der Waals surface area contributed by atoms with Crippen LogP contribution in [-0.2, 0) is 0 Å². The van der Waals surface area contributed by atoms with Gasteiger partial charge in [-0.05, 0) is 64.3 Å². The minimum Gasteiger partial charge on any atom is -0.491 e. The summed E-state index contributed by atoms with van der Waals surface area (Å²) in [6.07, 6.45) is 3.76. The Hall–Kier alpha value is -2.83. The number of piperidine rings is 1. The molecule has 1 amide bonds. The lowest BCUT2D eigenvalue weighted by atomic mass is 10.1. The van der Waals surface area contributed by atoms with Crippen LogP contribution < -0.4 is 19.7 Å². The molecule has 0 unspecified atom stereocenters. The lowest BCUT2D eigenvalue weighted by molar-refractivity contribution is 0.0946. The van der Waals surface area contributed by atoms with Gasteiger partial charge in [0.05, 0.1) is 12.6 Å². The monoisotopic (exact) mass is 398 g/mol. The first-order chi connectivity index (χ1) is 14.0. The second-order valence-electron chi connectivity index (χ2n) is 7.45. The fraction of sp³-hybridized carbons (Fsp3) is 0.500. The molecule has 0 bridgehead atoms. The molecule has 0 saturated carbocycles. The molecule has 1 saturated heterocycles. The number of anilines is 1. The number of aryl methyl sites for hydroxylation is 1. The van der Waals surface area contributed by atoms with E-state index in [0.717, 1.165) is 24.7 Å². The van der Waals surface area contributed by atoms with Crippen LogP contribution in [0.5, 0.6) is 11.6 Å². The number of hydrogen-bond acceptors (Lipinski definition) is 6. The molecule has 1 aromatic carbocycles. The molecule has 0 spiro atoms. The van der Waals surface area contributed by atoms with Crippen molar-refractivity contribution in [3.8, 4) is 11.6 Å². The average molecular weight is 399 g/mol. The number of nitrogens with zero attached hydrogens (tertiary/aromatic N) is 3. The molecule has 3 rings (SSSR count). The standard InChI is InChI=1S/C22H30N4O3/c1-16(2)29-19-9-7-18(8-10-19)22(27)23-11-14-28-21-15-20(24-17(3)25-21)26-12-5-4-6-13-26/h7-10,15-16H,4-6,11-14H2,1-3H3,(H,23,27). The third kappa shape index (κ3) is 6.34. The number of nitrogens with one attached hydrogen (secondary N) is 1. The molecular weight excluding hydrogens is 368 g/mol. The number of carbonyl (C=O) groups is 1. The molecular formula is C22H30N4O3. The summed E-state index contributed by atoms with van der Waals surface area (Å²) >= 11 is 0. The van der Waals surface area contributed by atoms with Crippen molar-refractivity contribution in [2.24, 2.45) is 0 Å². The second-order valence-corrected chi connectivity index (χ2v) is 7.45. The van der Waals surface area contributed by atoms with Gasteiger partial charge in [0.15, 0.2) is 0 Å². The van der Waals surface area contributed by atoms with Gasteiger partial charge in [0.2, 0.25) is 5.88 Å². The zero-order valence-electron chi connectivity index (χ0n) is 17.5. The molecule has 0 atom stereocenters. The first-order valence-corrected chi connectivity index (χ1v) is 10.3. The quantitative estimate of drug-likeness (QED) is 0.687. The number of ether oxygens (including phenoxy) is 2. The number of aromatic nitrogens is 2. The van der Waals surface area contributed by atoms with E-state index in [1.165, 1.54) is 19.3 Å². The van der Waals surface area contributed by atoms with Gasteiger partial charge in [-0.25, -0.2) is 4.98 Å². The fourth-order valence-corrected chi connectivity index (χ4v) is 3.26. The molecule has 0 radical (unpaired) electrons. The molecule has 7 heteroatoms. The van der Waals surface area contributed by atoms with Crippen molar-refractivity contribution in [1.29, 1.82) is 0 Å². The van der Waals surface area contributed by atoms with E-state index >= 15 is 0 Å². The van der Waals surface area contributed by atoms with Crippen LogP contribution >= 0.6 is 0 Å². The van der Waals surface area contributed by atoms with Crippen molar-refractivity contribution in [2.45, 2.75) is 46.1 Å². The number of carbonyl (C=O) groups excluding carboxylic acids is 1. The van der Waals surface area contributed by atoms with E-state index < -0.39 is 0 Å². The lowest BCUT2D eigenvalue weighted by Gasteiger charge is -2.28. The maximum absolute atomic E-state index is 12.3. The Morgan fingerprint density at radius 1 is 1.14 bits per heavy atom. The molecule has 29 heavy (non-hydrogen) atoms. The van der Waals surface area contributed by atoms with Crippen LogP contribution in [0.15, 0.2) is 30.3 Å². The van der Waals surface area contributed by atoms with Gasteiger partial charge < -0.3 is 19.7 Å². The summed E-state index contributed by atoms with van der Waals surface area (Å²) in [4.78, 5) is 23.4. The van der Waals surface area contributed by atoms with Crippen LogP contribution in [0.2, 0.25) is 0 Å². The second kappa shape index (κ2) is 10.1. The van der Waals surface area contributed by atoms with Gasteiger partial charge in [-0.1, -0.05) is 0 Å². The van der Waals surface area contributed by atoms with E-state index in [2.05, 4.69) is 20.2 Å². The zero-order valence-corrected chi connectivity index (χ0v) is 17.5. The summed E-state index contributed by atoms with van der Waals surface area (Å²) in [5, 5.41) is 2.86. The number of rotatable bonds is 8. The third-order valence-corrected chi connectivity index (χ3v) is 4.61. The van der Waals surface area contributed by atoms with Crippen LogP contribution in [0, 0.1) is 6.92 Å². The minimum absolute atomic E-state index is 0.104. The van der Waals surface area contributed by atoms with Crippen molar-refractivity contribution in [2.75, 3.05) is 31.1 Å². The Labute approximate surface area is 172 Å². The Kier molecular flexibility index (Phi) is 7.27. The molecule has 156 valence electrons. The number of benzene rings is 1. The predicted molar refractivity (Wildman–Crippen MR) is 113 cm³/mol. The molecule has 7 nitrogen and oxygen atoms in total. The van der Waals surface area contributed by atoms with Gasteiger partial charge in [0.1, 0.15) is 24.0 Å². The van der Waals surface area contributed by atoms with Gasteiger partial charge in [-0.2, -0.15) is 4.98 Å². The average Bonchev–Trinajstić information content (AvgIpc) is 2.71.